The molecule has 27 heavy (non-hydrogen) atoms. The fraction of sp³-hybridized carbons (Fsp3) is 0.421. The number of carbonyl (C=O) groups is 1. The summed E-state index contributed by atoms with van der Waals surface area (Å²) in [5.74, 6) is 1.68. The van der Waals surface area contributed by atoms with Gasteiger partial charge in [0.25, 0.3) is 0 Å². The fourth-order valence-corrected chi connectivity index (χ4v) is 2.94. The zero-order valence-corrected chi connectivity index (χ0v) is 15.8. The summed E-state index contributed by atoms with van der Waals surface area (Å²) in [4.78, 5) is 14.4. The van der Waals surface area contributed by atoms with Crippen molar-refractivity contribution in [1.29, 1.82) is 0 Å². The van der Waals surface area contributed by atoms with Crippen LogP contribution < -0.4 is 19.5 Å². The number of benzene rings is 1. The Morgan fingerprint density at radius 1 is 1.19 bits per heavy atom. The second-order valence-electron chi connectivity index (χ2n) is 6.34. The maximum atomic E-state index is 12.7. The number of carbonyl (C=O) groups excluding carboxylic acids is 1. The molecular formula is C19H24N4O4. The molecule has 0 spiro atoms. The minimum absolute atomic E-state index is 0.112. The molecule has 1 atom stereocenters. The van der Waals surface area contributed by atoms with E-state index < -0.39 is 0 Å². The molecule has 1 aliphatic heterocycles. The zero-order valence-electron chi connectivity index (χ0n) is 15.8. The van der Waals surface area contributed by atoms with Gasteiger partial charge < -0.3 is 24.4 Å². The number of rotatable bonds is 5. The lowest BCUT2D eigenvalue weighted by Crippen LogP contribution is -2.46. The predicted molar refractivity (Wildman–Crippen MR) is 101 cm³/mol. The number of aromatic nitrogens is 2. The lowest BCUT2D eigenvalue weighted by molar-refractivity contribution is 0.102. The molecule has 0 aliphatic carbocycles. The number of nitrogens with zero attached hydrogens (tertiary/aromatic N) is 3. The summed E-state index contributed by atoms with van der Waals surface area (Å²) in [5, 5.41) is 10.9. The lowest BCUT2D eigenvalue weighted by Gasteiger charge is -2.32. The number of hydrogen-bond donors (Lipinski definition) is 1. The van der Waals surface area contributed by atoms with E-state index in [1.807, 2.05) is 13.0 Å². The van der Waals surface area contributed by atoms with Crippen LogP contribution in [-0.2, 0) is 0 Å². The summed E-state index contributed by atoms with van der Waals surface area (Å²) >= 11 is 0. The van der Waals surface area contributed by atoms with E-state index in [0.717, 1.165) is 18.5 Å². The first-order valence-corrected chi connectivity index (χ1v) is 8.84. The van der Waals surface area contributed by atoms with Gasteiger partial charge in [-0.2, -0.15) is 5.10 Å². The molecule has 0 radical (unpaired) electrons. The highest BCUT2D eigenvalue weighted by Crippen LogP contribution is 2.29. The van der Waals surface area contributed by atoms with Crippen LogP contribution in [-0.4, -0.2) is 54.5 Å². The Kier molecular flexibility index (Phi) is 5.95. The van der Waals surface area contributed by atoms with Crippen LogP contribution in [0.5, 0.6) is 17.4 Å². The maximum absolute atomic E-state index is 12.7. The molecule has 1 unspecified atom stereocenters. The van der Waals surface area contributed by atoms with Crippen molar-refractivity contribution in [3.63, 3.8) is 0 Å². The average Bonchev–Trinajstić information content (AvgIpc) is 2.70. The Hall–Kier alpha value is -3.03. The van der Waals surface area contributed by atoms with Crippen LogP contribution in [0.4, 0.5) is 10.5 Å². The molecule has 2 amide bonds. The summed E-state index contributed by atoms with van der Waals surface area (Å²) in [6.07, 6.45) is 1.61. The van der Waals surface area contributed by atoms with Gasteiger partial charge in [-0.05, 0) is 38.0 Å². The number of hydrogen-bond acceptors (Lipinski definition) is 6. The third kappa shape index (κ3) is 4.78. The molecule has 1 saturated heterocycles. The molecule has 2 aromatic rings. The van der Waals surface area contributed by atoms with Crippen molar-refractivity contribution in [1.82, 2.24) is 15.1 Å². The number of aryl methyl sites for hydroxylation is 1. The Morgan fingerprint density at radius 3 is 2.74 bits per heavy atom. The Morgan fingerprint density at radius 2 is 2.04 bits per heavy atom. The second kappa shape index (κ2) is 8.57. The van der Waals surface area contributed by atoms with E-state index in [9.17, 15) is 4.79 Å². The van der Waals surface area contributed by atoms with Crippen molar-refractivity contribution in [2.24, 2.45) is 0 Å². The van der Waals surface area contributed by atoms with Gasteiger partial charge in [-0.3, -0.25) is 0 Å². The third-order valence-electron chi connectivity index (χ3n) is 4.38. The van der Waals surface area contributed by atoms with Crippen LogP contribution in [0.25, 0.3) is 0 Å². The van der Waals surface area contributed by atoms with E-state index in [4.69, 9.17) is 14.2 Å². The smallest absolute Gasteiger partial charge is 0.322 e. The monoisotopic (exact) mass is 372 g/mol. The SMILES string of the molecule is COc1ccc(NC(=O)N2CCCC(Oc3ccc(C)nn3)C2)c(OC)c1. The molecule has 8 heteroatoms. The number of nitrogens with one attached hydrogen (secondary N) is 1. The van der Waals surface area contributed by atoms with Crippen LogP contribution >= 0.6 is 0 Å². The highest BCUT2D eigenvalue weighted by molar-refractivity contribution is 5.91. The van der Waals surface area contributed by atoms with Gasteiger partial charge in [0, 0.05) is 18.7 Å². The van der Waals surface area contributed by atoms with Crippen LogP contribution in [0, 0.1) is 6.92 Å². The topological polar surface area (TPSA) is 85.8 Å². The Balaban J connectivity index is 1.62. The summed E-state index contributed by atoms with van der Waals surface area (Å²) in [7, 11) is 3.14. The minimum Gasteiger partial charge on any atom is -0.497 e. The standard InChI is InChI=1S/C19H24N4O4/c1-13-6-9-18(22-21-13)27-15-5-4-10-23(12-15)19(24)20-16-8-7-14(25-2)11-17(16)26-3/h6-9,11,15H,4-5,10,12H2,1-3H3,(H,20,24). The van der Waals surface area contributed by atoms with Gasteiger partial charge >= 0.3 is 6.03 Å². The van der Waals surface area contributed by atoms with Gasteiger partial charge in [-0.25, -0.2) is 4.79 Å². The van der Waals surface area contributed by atoms with Gasteiger partial charge in [0.05, 0.1) is 32.1 Å². The minimum atomic E-state index is -0.193. The predicted octanol–water partition coefficient (Wildman–Crippen LogP) is 2.88. The van der Waals surface area contributed by atoms with Crippen LogP contribution in [0.2, 0.25) is 0 Å². The van der Waals surface area contributed by atoms with Gasteiger partial charge in [0.15, 0.2) is 0 Å². The largest absolute Gasteiger partial charge is 0.497 e. The maximum Gasteiger partial charge on any atom is 0.322 e. The molecule has 144 valence electrons. The van der Waals surface area contributed by atoms with Crippen molar-refractivity contribution in [3.8, 4) is 17.4 Å². The average molecular weight is 372 g/mol. The zero-order chi connectivity index (χ0) is 19.2. The van der Waals surface area contributed by atoms with E-state index in [1.54, 1.807) is 43.4 Å². The van der Waals surface area contributed by atoms with Crippen LogP contribution in [0.1, 0.15) is 18.5 Å². The molecule has 0 bridgehead atoms. The lowest BCUT2D eigenvalue weighted by atomic mass is 10.1. The van der Waals surface area contributed by atoms with E-state index in [2.05, 4.69) is 15.5 Å². The Labute approximate surface area is 158 Å². The molecule has 1 aromatic carbocycles. The molecule has 0 saturated carbocycles. The Bertz CT molecular complexity index is 782. The van der Waals surface area contributed by atoms with Crippen molar-refractivity contribution in [2.75, 3.05) is 32.6 Å². The molecule has 3 rings (SSSR count). The number of anilines is 1. The number of urea groups is 1. The molecular weight excluding hydrogens is 348 g/mol. The van der Waals surface area contributed by atoms with E-state index >= 15 is 0 Å². The summed E-state index contributed by atoms with van der Waals surface area (Å²) in [5.41, 5.74) is 1.43. The number of piperidine rings is 1. The molecule has 1 aliphatic rings. The second-order valence-corrected chi connectivity index (χ2v) is 6.34. The quantitative estimate of drug-likeness (QED) is 0.869. The number of ether oxygens (including phenoxy) is 3. The number of methoxy groups -OCH3 is 2. The van der Waals surface area contributed by atoms with Crippen LogP contribution in [0.3, 0.4) is 0 Å². The highest BCUT2D eigenvalue weighted by atomic mass is 16.5. The first kappa shape index (κ1) is 18.8. The van der Waals surface area contributed by atoms with Crippen LogP contribution in [0.15, 0.2) is 30.3 Å². The normalized spacial score (nSPS) is 16.6. The summed E-state index contributed by atoms with van der Waals surface area (Å²) in [6, 6.07) is 8.72. The molecule has 1 fully saturated rings. The van der Waals surface area contributed by atoms with Crippen molar-refractivity contribution < 1.29 is 19.0 Å². The molecule has 1 aromatic heterocycles. The third-order valence-corrected chi connectivity index (χ3v) is 4.38. The van der Waals surface area contributed by atoms with Gasteiger partial charge in [0.2, 0.25) is 5.88 Å². The van der Waals surface area contributed by atoms with Gasteiger partial charge in [-0.15, -0.1) is 5.10 Å². The molecule has 8 nitrogen and oxygen atoms in total. The highest BCUT2D eigenvalue weighted by Gasteiger charge is 2.26. The van der Waals surface area contributed by atoms with Gasteiger partial charge in [0.1, 0.15) is 17.6 Å². The van der Waals surface area contributed by atoms with Crippen molar-refractivity contribution in [2.45, 2.75) is 25.9 Å². The van der Waals surface area contributed by atoms with Gasteiger partial charge in [-0.1, -0.05) is 0 Å². The first-order valence-electron chi connectivity index (χ1n) is 8.84. The first-order chi connectivity index (χ1) is 13.1. The fourth-order valence-electron chi connectivity index (χ4n) is 2.94. The number of amides is 2. The van der Waals surface area contributed by atoms with Crippen molar-refractivity contribution in [3.05, 3.63) is 36.0 Å². The van der Waals surface area contributed by atoms with E-state index in [0.29, 0.717) is 36.2 Å². The summed E-state index contributed by atoms with van der Waals surface area (Å²) in [6.45, 7) is 3.03. The molecule has 2 heterocycles. The van der Waals surface area contributed by atoms with Crippen molar-refractivity contribution >= 4 is 11.7 Å². The number of likely N-dealkylation sites (tertiary alicyclic amines) is 1. The van der Waals surface area contributed by atoms with E-state index in [-0.39, 0.29) is 12.1 Å². The molecule has 1 N–H and O–H groups in total. The van der Waals surface area contributed by atoms with E-state index in [1.165, 1.54) is 0 Å². The summed E-state index contributed by atoms with van der Waals surface area (Å²) < 4.78 is 16.4.